The van der Waals surface area contributed by atoms with Gasteiger partial charge >= 0.3 is 0 Å². The van der Waals surface area contributed by atoms with Gasteiger partial charge in [-0.2, -0.15) is 0 Å². The predicted octanol–water partition coefficient (Wildman–Crippen LogP) is 2.86. The standard InChI is InChI=1S/C28H35NO5/c1-17-14-23(31-6)19(3)18(2)21(17)8-11-28(4,30)12-9-22-25-20(10-13-29(22)5)15-24-26(27(25)32-7)34-16-33-24/h14-15,22,30H,8,10-11,13,16H2,1-7H3/p+1/t22-,28+/m1/s1. The molecule has 0 amide bonds. The SMILES string of the molecule is COc1cc(C)c(CC[C@](C)(O)C#C[C@@H]2c3c(cc4c(c3OC)OCO4)CC[NH+]2C)c(C)c1C. The summed E-state index contributed by atoms with van der Waals surface area (Å²) in [6.45, 7) is 9.24. The third-order valence-electron chi connectivity index (χ3n) is 7.29. The van der Waals surface area contributed by atoms with Gasteiger partial charge in [-0.1, -0.05) is 5.92 Å². The maximum atomic E-state index is 11.2. The molecule has 0 aliphatic carbocycles. The van der Waals surface area contributed by atoms with Crippen LogP contribution in [-0.2, 0) is 12.8 Å². The summed E-state index contributed by atoms with van der Waals surface area (Å²) >= 11 is 0. The lowest BCUT2D eigenvalue weighted by Gasteiger charge is -2.30. The average molecular weight is 467 g/mol. The Morgan fingerprint density at radius 1 is 1.15 bits per heavy atom. The summed E-state index contributed by atoms with van der Waals surface area (Å²) in [6.07, 6.45) is 2.21. The van der Waals surface area contributed by atoms with Crippen molar-refractivity contribution in [3.05, 3.63) is 45.5 Å². The minimum Gasteiger partial charge on any atom is -0.496 e. The van der Waals surface area contributed by atoms with E-state index in [1.807, 2.05) is 0 Å². The molecular formula is C28H36NO5+. The summed E-state index contributed by atoms with van der Waals surface area (Å²) in [6, 6.07) is 4.01. The summed E-state index contributed by atoms with van der Waals surface area (Å²) in [7, 11) is 5.49. The summed E-state index contributed by atoms with van der Waals surface area (Å²) < 4.78 is 22.6. The Hall–Kier alpha value is -2.88. The normalized spacial score (nSPS) is 20.1. The van der Waals surface area contributed by atoms with Gasteiger partial charge in [0.25, 0.3) is 0 Å². The van der Waals surface area contributed by atoms with Crippen LogP contribution in [-0.4, -0.2) is 45.3 Å². The van der Waals surface area contributed by atoms with Crippen LogP contribution >= 0.6 is 0 Å². The number of hydrogen-bond acceptors (Lipinski definition) is 5. The number of quaternary nitrogens is 1. The molecule has 0 aromatic heterocycles. The zero-order valence-corrected chi connectivity index (χ0v) is 21.3. The molecule has 6 heteroatoms. The number of aliphatic hydroxyl groups is 1. The number of hydrogen-bond donors (Lipinski definition) is 2. The minimum atomic E-state index is -1.12. The van der Waals surface area contributed by atoms with Gasteiger partial charge < -0.3 is 29.0 Å². The molecule has 2 aliphatic rings. The number of rotatable bonds is 5. The molecule has 4 rings (SSSR count). The molecule has 3 atom stereocenters. The highest BCUT2D eigenvalue weighted by atomic mass is 16.7. The topological polar surface area (TPSA) is 61.6 Å². The van der Waals surface area contributed by atoms with Crippen LogP contribution in [0.3, 0.4) is 0 Å². The molecule has 2 aromatic carbocycles. The van der Waals surface area contributed by atoms with Crippen LogP contribution in [0.1, 0.15) is 52.8 Å². The number of methoxy groups -OCH3 is 2. The zero-order valence-electron chi connectivity index (χ0n) is 21.3. The quantitative estimate of drug-likeness (QED) is 0.664. The van der Waals surface area contributed by atoms with Crippen molar-refractivity contribution >= 4 is 0 Å². The molecule has 0 bridgehead atoms. The molecule has 2 aliphatic heterocycles. The first-order chi connectivity index (χ1) is 16.2. The van der Waals surface area contributed by atoms with E-state index in [0.717, 1.165) is 42.0 Å². The fourth-order valence-corrected chi connectivity index (χ4v) is 5.08. The molecule has 0 saturated heterocycles. The van der Waals surface area contributed by atoms with E-state index in [1.165, 1.54) is 27.2 Å². The fourth-order valence-electron chi connectivity index (χ4n) is 5.08. The second kappa shape index (κ2) is 9.40. The lowest BCUT2D eigenvalue weighted by atomic mass is 9.88. The number of ether oxygens (including phenoxy) is 4. The van der Waals surface area contributed by atoms with Crippen molar-refractivity contribution in [1.29, 1.82) is 0 Å². The third kappa shape index (κ3) is 4.43. The molecule has 0 saturated carbocycles. The molecule has 34 heavy (non-hydrogen) atoms. The van der Waals surface area contributed by atoms with Crippen molar-refractivity contribution in [1.82, 2.24) is 0 Å². The molecule has 0 radical (unpaired) electrons. The summed E-state index contributed by atoms with van der Waals surface area (Å²) in [4.78, 5) is 1.27. The smallest absolute Gasteiger partial charge is 0.231 e. The highest BCUT2D eigenvalue weighted by Gasteiger charge is 2.36. The second-order valence-corrected chi connectivity index (χ2v) is 9.66. The fraction of sp³-hybridized carbons (Fsp3) is 0.500. The monoisotopic (exact) mass is 466 g/mol. The molecule has 1 unspecified atom stereocenters. The maximum Gasteiger partial charge on any atom is 0.231 e. The maximum absolute atomic E-state index is 11.2. The number of aryl methyl sites for hydroxylation is 1. The molecule has 2 heterocycles. The van der Waals surface area contributed by atoms with E-state index in [9.17, 15) is 5.11 Å². The highest BCUT2D eigenvalue weighted by molar-refractivity contribution is 5.62. The van der Waals surface area contributed by atoms with Gasteiger partial charge in [0.2, 0.25) is 12.5 Å². The first kappa shape index (κ1) is 24.3. The van der Waals surface area contributed by atoms with Crippen molar-refractivity contribution in [3.63, 3.8) is 0 Å². The van der Waals surface area contributed by atoms with E-state index in [0.29, 0.717) is 17.9 Å². The van der Waals surface area contributed by atoms with Crippen molar-refractivity contribution in [3.8, 4) is 34.8 Å². The van der Waals surface area contributed by atoms with Gasteiger partial charge in [-0.05, 0) is 86.4 Å². The molecule has 0 spiro atoms. The summed E-state index contributed by atoms with van der Waals surface area (Å²) in [5, 5.41) is 11.2. The van der Waals surface area contributed by atoms with Crippen LogP contribution in [0.5, 0.6) is 23.0 Å². The van der Waals surface area contributed by atoms with E-state index in [1.54, 1.807) is 21.1 Å². The zero-order chi connectivity index (χ0) is 24.6. The van der Waals surface area contributed by atoms with Crippen molar-refractivity contribution in [2.24, 2.45) is 0 Å². The largest absolute Gasteiger partial charge is 0.496 e. The minimum absolute atomic E-state index is 0.119. The van der Waals surface area contributed by atoms with E-state index >= 15 is 0 Å². The van der Waals surface area contributed by atoms with Gasteiger partial charge in [0.05, 0.1) is 33.4 Å². The van der Waals surface area contributed by atoms with Crippen LogP contribution in [0.15, 0.2) is 12.1 Å². The van der Waals surface area contributed by atoms with Gasteiger partial charge in [-0.3, -0.25) is 0 Å². The van der Waals surface area contributed by atoms with Crippen LogP contribution < -0.4 is 23.8 Å². The van der Waals surface area contributed by atoms with E-state index < -0.39 is 5.60 Å². The molecule has 2 aromatic rings. The Morgan fingerprint density at radius 2 is 1.91 bits per heavy atom. The van der Waals surface area contributed by atoms with Gasteiger partial charge in [0, 0.05) is 6.42 Å². The van der Waals surface area contributed by atoms with Crippen molar-refractivity contribution < 1.29 is 29.0 Å². The molecular weight excluding hydrogens is 430 g/mol. The first-order valence-electron chi connectivity index (χ1n) is 11.9. The number of likely N-dealkylation sites (N-methyl/N-ethyl adjacent to an activating group) is 1. The Morgan fingerprint density at radius 3 is 2.62 bits per heavy atom. The van der Waals surface area contributed by atoms with Crippen molar-refractivity contribution in [2.45, 2.75) is 58.6 Å². The van der Waals surface area contributed by atoms with Crippen LogP contribution in [0, 0.1) is 32.6 Å². The van der Waals surface area contributed by atoms with E-state index in [4.69, 9.17) is 18.9 Å². The van der Waals surface area contributed by atoms with Crippen LogP contribution in [0.25, 0.3) is 0 Å². The highest BCUT2D eigenvalue weighted by Crippen LogP contribution is 2.47. The Bertz CT molecular complexity index is 1160. The number of benzene rings is 2. The predicted molar refractivity (Wildman–Crippen MR) is 131 cm³/mol. The summed E-state index contributed by atoms with van der Waals surface area (Å²) in [5.41, 5.74) is 5.88. The Kier molecular flexibility index (Phi) is 6.71. The molecule has 2 N–H and O–H groups in total. The van der Waals surface area contributed by atoms with E-state index in [2.05, 4.69) is 51.8 Å². The number of fused-ring (bicyclic) bond motifs is 2. The van der Waals surface area contributed by atoms with Crippen LogP contribution in [0.4, 0.5) is 0 Å². The van der Waals surface area contributed by atoms with Gasteiger partial charge in [-0.15, -0.1) is 0 Å². The Balaban J connectivity index is 1.61. The third-order valence-corrected chi connectivity index (χ3v) is 7.29. The lowest BCUT2D eigenvalue weighted by molar-refractivity contribution is -0.905. The second-order valence-electron chi connectivity index (χ2n) is 9.66. The first-order valence-corrected chi connectivity index (χ1v) is 11.9. The van der Waals surface area contributed by atoms with Crippen LogP contribution in [0.2, 0.25) is 0 Å². The van der Waals surface area contributed by atoms with Gasteiger partial charge in [0.15, 0.2) is 17.5 Å². The average Bonchev–Trinajstić information content (AvgIpc) is 3.27. The Labute approximate surface area is 202 Å². The van der Waals surface area contributed by atoms with Gasteiger partial charge in [-0.25, -0.2) is 0 Å². The number of nitrogens with one attached hydrogen (secondary N) is 1. The van der Waals surface area contributed by atoms with E-state index in [-0.39, 0.29) is 12.8 Å². The van der Waals surface area contributed by atoms with Crippen molar-refractivity contribution in [2.75, 3.05) is 34.6 Å². The molecule has 0 fully saturated rings. The molecule has 6 nitrogen and oxygen atoms in total. The molecule has 182 valence electrons. The van der Waals surface area contributed by atoms with Gasteiger partial charge in [0.1, 0.15) is 11.4 Å². The summed E-state index contributed by atoms with van der Waals surface area (Å²) in [5.74, 6) is 9.57. The lowest BCUT2D eigenvalue weighted by Crippen LogP contribution is -3.10.